The first-order valence-electron chi connectivity index (χ1n) is 6.63. The van der Waals surface area contributed by atoms with Crippen LogP contribution in [0.5, 0.6) is 0 Å². The Balaban J connectivity index is 2.21. The Hall–Kier alpha value is -0.00169. The molecule has 3 rings (SSSR count). The number of aryl methyl sites for hydroxylation is 1. The Labute approximate surface area is 140 Å². The summed E-state index contributed by atoms with van der Waals surface area (Å²) in [6, 6.07) is 10.5. The molecular formula is C14H18Br2N3OPt. The third-order valence-corrected chi connectivity index (χ3v) is 17.5. The van der Waals surface area contributed by atoms with Gasteiger partial charge in [0.1, 0.15) is 0 Å². The Morgan fingerprint density at radius 3 is 2.38 bits per heavy atom. The summed E-state index contributed by atoms with van der Waals surface area (Å²) >= 11 is 5.51. The Kier molecular flexibility index (Phi) is 5.01. The zero-order chi connectivity index (χ0) is 14.9. The standard InChI is InChI=1S/C10H10N2.C4H8NO.2BrH.Pt/c1-11-7-8-12(9-11)10-5-3-2-4-6-10;1-3-6-4-2-5-1;;;/h2-8H,1H3;1-4H2;2*1H;/q;-1;;;+3/p-2. The average molecular weight is 599 g/mol. The minimum absolute atomic E-state index is 0.804. The van der Waals surface area contributed by atoms with Gasteiger partial charge >= 0.3 is 141 Å². The van der Waals surface area contributed by atoms with Gasteiger partial charge in [-0.05, 0) is 0 Å². The molecule has 2 heterocycles. The van der Waals surface area contributed by atoms with Crippen LogP contribution in [-0.4, -0.2) is 38.9 Å². The van der Waals surface area contributed by atoms with Crippen LogP contribution in [0.15, 0.2) is 42.7 Å². The molecule has 1 saturated heterocycles. The monoisotopic (exact) mass is 597 g/mol. The zero-order valence-electron chi connectivity index (χ0n) is 11.7. The van der Waals surface area contributed by atoms with Crippen LogP contribution in [0.3, 0.4) is 0 Å². The zero-order valence-corrected chi connectivity index (χ0v) is 17.1. The minimum atomic E-state index is -2.60. The quantitative estimate of drug-likeness (QED) is 0.529. The molecule has 7 heteroatoms. The van der Waals surface area contributed by atoms with Gasteiger partial charge in [0.15, 0.2) is 0 Å². The molecule has 0 amide bonds. The van der Waals surface area contributed by atoms with Crippen molar-refractivity contribution >= 4 is 26.6 Å². The van der Waals surface area contributed by atoms with E-state index in [1.807, 2.05) is 6.07 Å². The third kappa shape index (κ3) is 3.20. The van der Waals surface area contributed by atoms with Gasteiger partial charge in [-0.1, -0.05) is 0 Å². The maximum absolute atomic E-state index is 5.49. The number of nitrogens with zero attached hydrogens (tertiary/aromatic N) is 3. The number of hydrogen-bond acceptors (Lipinski definition) is 2. The van der Waals surface area contributed by atoms with Gasteiger partial charge in [0.2, 0.25) is 0 Å². The fourth-order valence-electron chi connectivity index (χ4n) is 2.25. The van der Waals surface area contributed by atoms with Gasteiger partial charge in [0.25, 0.3) is 0 Å². The van der Waals surface area contributed by atoms with Gasteiger partial charge in [-0.3, -0.25) is 0 Å². The van der Waals surface area contributed by atoms with Crippen molar-refractivity contribution in [3.05, 3.63) is 46.5 Å². The first-order valence-corrected chi connectivity index (χ1v) is 18.7. The molecule has 0 unspecified atom stereocenters. The summed E-state index contributed by atoms with van der Waals surface area (Å²) in [4.78, 5) is 0. The molecule has 4 nitrogen and oxygen atoms in total. The molecule has 0 spiro atoms. The normalized spacial score (nSPS) is 17.9. The number of morpholine rings is 1. The summed E-state index contributed by atoms with van der Waals surface area (Å²) in [5.41, 5.74) is 1.19. The number of benzene rings is 1. The van der Waals surface area contributed by atoms with Crippen molar-refractivity contribution in [1.82, 2.24) is 12.6 Å². The number of ether oxygens (including phenoxy) is 1. The molecule has 119 valence electrons. The topological polar surface area (TPSA) is 22.3 Å². The van der Waals surface area contributed by atoms with Crippen LogP contribution in [0.25, 0.3) is 5.69 Å². The van der Waals surface area contributed by atoms with E-state index in [2.05, 4.69) is 82.9 Å². The van der Waals surface area contributed by atoms with Gasteiger partial charge in [-0.15, -0.1) is 0 Å². The second kappa shape index (κ2) is 6.63. The van der Waals surface area contributed by atoms with Crippen LogP contribution >= 0.6 is 26.6 Å². The molecule has 1 aliphatic rings. The number of para-hydroxylation sites is 1. The van der Waals surface area contributed by atoms with Crippen molar-refractivity contribution in [2.24, 2.45) is 7.05 Å². The number of imidazole rings is 1. The molecule has 0 saturated carbocycles. The predicted molar refractivity (Wildman–Crippen MR) is 88.2 cm³/mol. The summed E-state index contributed by atoms with van der Waals surface area (Å²) in [7, 11) is 2.11. The van der Waals surface area contributed by atoms with Crippen LogP contribution in [0.2, 0.25) is 0 Å². The molecule has 1 fully saturated rings. The van der Waals surface area contributed by atoms with Gasteiger partial charge in [0, 0.05) is 0 Å². The third-order valence-electron chi connectivity index (χ3n) is 3.28. The maximum atomic E-state index is 5.49. The number of aromatic nitrogens is 2. The van der Waals surface area contributed by atoms with Crippen LogP contribution < -0.4 is 0 Å². The molecule has 0 bridgehead atoms. The average Bonchev–Trinajstić information content (AvgIpc) is 2.91. The Bertz CT molecular complexity index is 699. The van der Waals surface area contributed by atoms with E-state index < -0.39 is 11.7 Å². The van der Waals surface area contributed by atoms with Crippen LogP contribution in [0, 0.1) is 3.80 Å². The van der Waals surface area contributed by atoms with Crippen molar-refractivity contribution in [3.63, 3.8) is 0 Å². The second-order valence-electron chi connectivity index (χ2n) is 4.68. The van der Waals surface area contributed by atoms with E-state index in [1.165, 1.54) is 9.49 Å². The predicted octanol–water partition coefficient (Wildman–Crippen LogP) is 3.37. The summed E-state index contributed by atoms with van der Waals surface area (Å²) in [5, 5.41) is 0. The van der Waals surface area contributed by atoms with Crippen molar-refractivity contribution < 1.29 is 16.5 Å². The van der Waals surface area contributed by atoms with Crippen LogP contribution in [0.1, 0.15) is 0 Å². The van der Waals surface area contributed by atoms with E-state index in [0.717, 1.165) is 26.3 Å². The first kappa shape index (κ1) is 15.9. The van der Waals surface area contributed by atoms with E-state index in [0.29, 0.717) is 0 Å². The van der Waals surface area contributed by atoms with Gasteiger partial charge in [-0.25, -0.2) is 0 Å². The first-order chi connectivity index (χ1) is 10.1. The SMILES string of the molecule is Cn1ccn(-c2ccccc2)[c]1=[Pt]([Br])([Br])[N]1CCOCC1. The molecule has 0 radical (unpaired) electrons. The van der Waals surface area contributed by atoms with Gasteiger partial charge in [-0.2, -0.15) is 0 Å². The van der Waals surface area contributed by atoms with Crippen molar-refractivity contribution in [1.29, 1.82) is 0 Å². The molecule has 0 atom stereocenters. The fourth-order valence-corrected chi connectivity index (χ4v) is 15.4. The summed E-state index contributed by atoms with van der Waals surface area (Å²) in [5.74, 6) is 0. The van der Waals surface area contributed by atoms with Crippen LogP contribution in [-0.2, 0) is 23.5 Å². The molecule has 1 aromatic carbocycles. The van der Waals surface area contributed by atoms with E-state index in [9.17, 15) is 0 Å². The number of hydrogen-bond donors (Lipinski definition) is 0. The van der Waals surface area contributed by atoms with Gasteiger partial charge in [0.05, 0.1) is 0 Å². The van der Waals surface area contributed by atoms with E-state index in [4.69, 9.17) is 4.74 Å². The molecular weight excluding hydrogens is 581 g/mol. The van der Waals surface area contributed by atoms with Crippen LogP contribution in [0.4, 0.5) is 0 Å². The Morgan fingerprint density at radius 1 is 1.05 bits per heavy atom. The van der Waals surface area contributed by atoms with E-state index in [1.54, 1.807) is 0 Å². The number of halogens is 2. The summed E-state index contributed by atoms with van der Waals surface area (Å²) < 4.78 is 13.8. The van der Waals surface area contributed by atoms with Crippen molar-refractivity contribution in [2.75, 3.05) is 26.3 Å². The molecule has 2 aromatic rings. The van der Waals surface area contributed by atoms with Crippen molar-refractivity contribution in [3.8, 4) is 5.69 Å². The van der Waals surface area contributed by atoms with Crippen molar-refractivity contribution in [2.45, 2.75) is 0 Å². The Morgan fingerprint density at radius 2 is 1.71 bits per heavy atom. The molecule has 0 aliphatic carbocycles. The van der Waals surface area contributed by atoms with Gasteiger partial charge < -0.3 is 0 Å². The molecule has 1 aromatic heterocycles. The summed E-state index contributed by atoms with van der Waals surface area (Å²) in [6.07, 6.45) is 4.25. The number of rotatable bonds is 2. The fraction of sp³-hybridized carbons (Fsp3) is 0.357. The summed E-state index contributed by atoms with van der Waals surface area (Å²) in [6.45, 7) is 3.54. The second-order valence-corrected chi connectivity index (χ2v) is 27.0. The molecule has 0 N–H and O–H groups in total. The van der Waals surface area contributed by atoms with E-state index in [-0.39, 0.29) is 0 Å². The molecule has 21 heavy (non-hydrogen) atoms. The molecule has 1 aliphatic heterocycles. The van der Waals surface area contributed by atoms with E-state index >= 15 is 0 Å².